The van der Waals surface area contributed by atoms with Gasteiger partial charge in [0, 0.05) is 30.7 Å². The van der Waals surface area contributed by atoms with Gasteiger partial charge in [0.05, 0.1) is 22.5 Å². The normalized spacial score (nSPS) is 17.3. The van der Waals surface area contributed by atoms with Crippen LogP contribution in [0.5, 0.6) is 0 Å². The number of fused-ring (bicyclic) bond motifs is 1. The fourth-order valence-electron chi connectivity index (χ4n) is 4.08. The quantitative estimate of drug-likeness (QED) is 0.640. The first-order valence-electron chi connectivity index (χ1n) is 10.6. The highest BCUT2D eigenvalue weighted by Gasteiger charge is 2.18. The van der Waals surface area contributed by atoms with Crippen LogP contribution in [-0.4, -0.2) is 46.5 Å². The number of para-hydroxylation sites is 1. The number of likely N-dealkylation sites (tertiary alicyclic amines) is 1. The predicted octanol–water partition coefficient (Wildman–Crippen LogP) is 4.29. The summed E-state index contributed by atoms with van der Waals surface area (Å²) in [6.07, 6.45) is 6.61. The standard InChI is InChI=1S/C24H28N4O/c1-18-9-5-7-15-28(18)16-8-14-26-24(29)20-17-23(22-12-4-6-13-25-22)27-21-11-3-2-10-19(20)21/h2-4,6,10-13,17-18H,5,7-9,14-16H2,1H3,(H,26,29)/t18-/m0/s1. The third-order valence-electron chi connectivity index (χ3n) is 5.74. The van der Waals surface area contributed by atoms with E-state index in [1.165, 1.54) is 25.8 Å². The van der Waals surface area contributed by atoms with Gasteiger partial charge in [-0.05, 0) is 57.0 Å². The molecule has 1 N–H and O–H groups in total. The largest absolute Gasteiger partial charge is 0.352 e. The lowest BCUT2D eigenvalue weighted by Gasteiger charge is -2.33. The molecule has 1 fully saturated rings. The van der Waals surface area contributed by atoms with Crippen LogP contribution in [0.4, 0.5) is 0 Å². The minimum atomic E-state index is -0.0486. The van der Waals surface area contributed by atoms with Gasteiger partial charge in [-0.1, -0.05) is 30.7 Å². The van der Waals surface area contributed by atoms with E-state index < -0.39 is 0 Å². The zero-order chi connectivity index (χ0) is 20.1. The van der Waals surface area contributed by atoms with Gasteiger partial charge in [0.15, 0.2) is 0 Å². The highest BCUT2D eigenvalue weighted by Crippen LogP contribution is 2.23. The van der Waals surface area contributed by atoms with Gasteiger partial charge in [-0.25, -0.2) is 4.98 Å². The van der Waals surface area contributed by atoms with Crippen molar-refractivity contribution in [3.05, 3.63) is 60.3 Å². The van der Waals surface area contributed by atoms with Crippen molar-refractivity contribution in [1.82, 2.24) is 20.2 Å². The molecule has 0 aliphatic carbocycles. The molecule has 5 nitrogen and oxygen atoms in total. The van der Waals surface area contributed by atoms with Crippen molar-refractivity contribution in [2.75, 3.05) is 19.6 Å². The lowest BCUT2D eigenvalue weighted by Crippen LogP contribution is -2.39. The van der Waals surface area contributed by atoms with Crippen molar-refractivity contribution in [2.24, 2.45) is 0 Å². The second kappa shape index (κ2) is 9.14. The van der Waals surface area contributed by atoms with Crippen molar-refractivity contribution in [1.29, 1.82) is 0 Å². The number of pyridine rings is 2. The Bertz CT molecular complexity index is 973. The Morgan fingerprint density at radius 2 is 2.00 bits per heavy atom. The van der Waals surface area contributed by atoms with Gasteiger partial charge in [0.2, 0.25) is 0 Å². The minimum absolute atomic E-state index is 0.0486. The number of nitrogens with zero attached hydrogens (tertiary/aromatic N) is 3. The average Bonchev–Trinajstić information content (AvgIpc) is 2.77. The van der Waals surface area contributed by atoms with E-state index in [1.54, 1.807) is 6.20 Å². The molecule has 3 heterocycles. The summed E-state index contributed by atoms with van der Waals surface area (Å²) < 4.78 is 0. The molecule has 0 spiro atoms. The molecule has 1 saturated heterocycles. The molecule has 0 bridgehead atoms. The maximum absolute atomic E-state index is 13.0. The number of aromatic nitrogens is 2. The maximum atomic E-state index is 13.0. The Morgan fingerprint density at radius 1 is 1.14 bits per heavy atom. The van der Waals surface area contributed by atoms with Gasteiger partial charge in [0.25, 0.3) is 5.91 Å². The number of nitrogens with one attached hydrogen (secondary N) is 1. The average molecular weight is 389 g/mol. The number of hydrogen-bond acceptors (Lipinski definition) is 4. The minimum Gasteiger partial charge on any atom is -0.352 e. The second-order valence-electron chi connectivity index (χ2n) is 7.78. The summed E-state index contributed by atoms with van der Waals surface area (Å²) >= 11 is 0. The molecule has 1 amide bonds. The van der Waals surface area contributed by atoms with Crippen LogP contribution in [-0.2, 0) is 0 Å². The Balaban J connectivity index is 1.48. The lowest BCUT2D eigenvalue weighted by atomic mass is 10.0. The molecule has 5 heteroatoms. The first kappa shape index (κ1) is 19.5. The van der Waals surface area contributed by atoms with E-state index in [4.69, 9.17) is 4.98 Å². The fraction of sp³-hybridized carbons (Fsp3) is 0.375. The molecule has 3 aromatic rings. The van der Waals surface area contributed by atoms with Gasteiger partial charge in [0.1, 0.15) is 0 Å². The Hall–Kier alpha value is -2.79. The third-order valence-corrected chi connectivity index (χ3v) is 5.74. The first-order valence-corrected chi connectivity index (χ1v) is 10.6. The van der Waals surface area contributed by atoms with Crippen LogP contribution >= 0.6 is 0 Å². The van der Waals surface area contributed by atoms with Crippen LogP contribution < -0.4 is 5.32 Å². The number of amides is 1. The molecule has 0 unspecified atom stereocenters. The molecule has 1 aliphatic heterocycles. The Kier molecular flexibility index (Phi) is 6.15. The number of piperidine rings is 1. The van der Waals surface area contributed by atoms with Gasteiger partial charge in [-0.2, -0.15) is 0 Å². The number of carbonyl (C=O) groups excluding carboxylic acids is 1. The van der Waals surface area contributed by atoms with E-state index in [2.05, 4.69) is 22.1 Å². The summed E-state index contributed by atoms with van der Waals surface area (Å²) in [4.78, 5) is 24.6. The summed E-state index contributed by atoms with van der Waals surface area (Å²) in [5, 5.41) is 3.98. The van der Waals surface area contributed by atoms with Crippen LogP contribution in [0.1, 0.15) is 43.0 Å². The van der Waals surface area contributed by atoms with E-state index in [0.717, 1.165) is 35.3 Å². The summed E-state index contributed by atoms with van der Waals surface area (Å²) in [5.74, 6) is -0.0486. The highest BCUT2D eigenvalue weighted by atomic mass is 16.1. The second-order valence-corrected chi connectivity index (χ2v) is 7.78. The Morgan fingerprint density at radius 3 is 2.83 bits per heavy atom. The highest BCUT2D eigenvalue weighted by molar-refractivity contribution is 6.07. The molecular weight excluding hydrogens is 360 g/mol. The van der Waals surface area contributed by atoms with E-state index in [-0.39, 0.29) is 5.91 Å². The Labute approximate surface area is 172 Å². The molecule has 150 valence electrons. The molecule has 2 aromatic heterocycles. The van der Waals surface area contributed by atoms with Gasteiger partial charge in [-0.15, -0.1) is 0 Å². The van der Waals surface area contributed by atoms with Crippen LogP contribution in [0.2, 0.25) is 0 Å². The zero-order valence-corrected chi connectivity index (χ0v) is 17.0. The van der Waals surface area contributed by atoms with Crippen LogP contribution in [0, 0.1) is 0 Å². The predicted molar refractivity (Wildman–Crippen MR) is 117 cm³/mol. The molecule has 0 radical (unpaired) electrons. The van der Waals surface area contributed by atoms with E-state index >= 15 is 0 Å². The molecule has 0 saturated carbocycles. The maximum Gasteiger partial charge on any atom is 0.252 e. The molecule has 29 heavy (non-hydrogen) atoms. The van der Waals surface area contributed by atoms with Crippen LogP contribution in [0.15, 0.2) is 54.7 Å². The van der Waals surface area contributed by atoms with Crippen molar-refractivity contribution < 1.29 is 4.79 Å². The molecular formula is C24H28N4O. The smallest absolute Gasteiger partial charge is 0.252 e. The topological polar surface area (TPSA) is 58.1 Å². The summed E-state index contributed by atoms with van der Waals surface area (Å²) in [6.45, 7) is 5.20. The van der Waals surface area contributed by atoms with Crippen LogP contribution in [0.3, 0.4) is 0 Å². The van der Waals surface area contributed by atoms with Gasteiger partial charge < -0.3 is 10.2 Å². The van der Waals surface area contributed by atoms with Gasteiger partial charge >= 0.3 is 0 Å². The van der Waals surface area contributed by atoms with Crippen LogP contribution in [0.25, 0.3) is 22.3 Å². The molecule has 4 rings (SSSR count). The van der Waals surface area contributed by atoms with E-state index in [1.807, 2.05) is 48.5 Å². The first-order chi connectivity index (χ1) is 14.2. The van der Waals surface area contributed by atoms with Crippen molar-refractivity contribution in [2.45, 2.75) is 38.6 Å². The summed E-state index contributed by atoms with van der Waals surface area (Å²) in [7, 11) is 0. The number of hydrogen-bond donors (Lipinski definition) is 1. The van der Waals surface area contributed by atoms with E-state index in [9.17, 15) is 4.79 Å². The number of benzene rings is 1. The third kappa shape index (κ3) is 4.62. The summed E-state index contributed by atoms with van der Waals surface area (Å²) in [5.41, 5.74) is 2.95. The molecule has 1 atom stereocenters. The lowest BCUT2D eigenvalue weighted by molar-refractivity contribution is 0.0950. The van der Waals surface area contributed by atoms with Crippen molar-refractivity contribution >= 4 is 16.8 Å². The fourth-order valence-corrected chi connectivity index (χ4v) is 4.08. The van der Waals surface area contributed by atoms with Crippen molar-refractivity contribution in [3.8, 4) is 11.4 Å². The SMILES string of the molecule is C[C@H]1CCCCN1CCCNC(=O)c1cc(-c2ccccn2)nc2ccccc12. The molecule has 1 aromatic carbocycles. The van der Waals surface area contributed by atoms with E-state index in [0.29, 0.717) is 18.2 Å². The molecule has 1 aliphatic rings. The number of rotatable bonds is 6. The van der Waals surface area contributed by atoms with Gasteiger partial charge in [-0.3, -0.25) is 9.78 Å². The van der Waals surface area contributed by atoms with Crippen molar-refractivity contribution in [3.63, 3.8) is 0 Å². The zero-order valence-electron chi connectivity index (χ0n) is 17.0. The number of carbonyl (C=O) groups is 1. The summed E-state index contributed by atoms with van der Waals surface area (Å²) in [6, 6.07) is 16.0. The monoisotopic (exact) mass is 388 g/mol.